The minimum absolute atomic E-state index is 0.0679. The van der Waals surface area contributed by atoms with Crippen LogP contribution in [0.2, 0.25) is 0 Å². The van der Waals surface area contributed by atoms with Gasteiger partial charge in [0.2, 0.25) is 5.91 Å². The van der Waals surface area contributed by atoms with Crippen LogP contribution in [-0.2, 0) is 14.6 Å². The molecule has 0 N–H and O–H groups in total. The van der Waals surface area contributed by atoms with Crippen molar-refractivity contribution >= 4 is 15.7 Å². The molecule has 1 aliphatic rings. The van der Waals surface area contributed by atoms with E-state index >= 15 is 0 Å². The zero-order valence-electron chi connectivity index (χ0n) is 11.7. The Kier molecular flexibility index (Phi) is 5.63. The molecule has 0 spiro atoms. The monoisotopic (exact) mass is 275 g/mol. The van der Waals surface area contributed by atoms with Crippen LogP contribution in [0, 0.1) is 5.92 Å². The second kappa shape index (κ2) is 6.55. The van der Waals surface area contributed by atoms with Crippen LogP contribution in [0.25, 0.3) is 0 Å². The summed E-state index contributed by atoms with van der Waals surface area (Å²) < 4.78 is 23.2. The number of hydrogen-bond donors (Lipinski definition) is 0. The molecule has 0 aromatic carbocycles. The predicted molar refractivity (Wildman–Crippen MR) is 73.1 cm³/mol. The first-order valence-corrected chi connectivity index (χ1v) is 8.66. The Balaban J connectivity index is 2.57. The second-order valence-electron chi connectivity index (χ2n) is 5.33. The van der Waals surface area contributed by atoms with Crippen LogP contribution in [0.3, 0.4) is 0 Å². The summed E-state index contributed by atoms with van der Waals surface area (Å²) in [7, 11) is -1.29. The summed E-state index contributed by atoms with van der Waals surface area (Å²) in [6.45, 7) is 3.46. The summed E-state index contributed by atoms with van der Waals surface area (Å²) in [5, 5.41) is 0. The van der Waals surface area contributed by atoms with Crippen molar-refractivity contribution in [2.45, 2.75) is 52.0 Å². The van der Waals surface area contributed by atoms with Crippen LogP contribution in [-0.4, -0.2) is 43.8 Å². The van der Waals surface area contributed by atoms with Gasteiger partial charge in [-0.25, -0.2) is 8.42 Å². The molecule has 0 bridgehead atoms. The molecule has 0 heterocycles. The summed E-state index contributed by atoms with van der Waals surface area (Å²) in [5.41, 5.74) is 0. The Bertz CT molecular complexity index is 372. The average molecular weight is 275 g/mol. The van der Waals surface area contributed by atoms with E-state index in [1.165, 1.54) is 6.42 Å². The summed E-state index contributed by atoms with van der Waals surface area (Å²) in [6.07, 6.45) is 5.36. The number of carbonyl (C=O) groups is 1. The Hall–Kier alpha value is -0.580. The molecule has 1 atom stereocenters. The van der Waals surface area contributed by atoms with Crippen molar-refractivity contribution in [3.8, 4) is 0 Å². The lowest BCUT2D eigenvalue weighted by Gasteiger charge is -2.30. The molecule has 0 aromatic rings. The summed E-state index contributed by atoms with van der Waals surface area (Å²) >= 11 is 0. The molecular formula is C13H25NO3S. The average Bonchev–Trinajstić information content (AvgIpc) is 2.37. The van der Waals surface area contributed by atoms with Crippen molar-refractivity contribution in [3.63, 3.8) is 0 Å². The van der Waals surface area contributed by atoms with Crippen LogP contribution >= 0.6 is 0 Å². The Morgan fingerprint density at radius 2 is 1.83 bits per heavy atom. The van der Waals surface area contributed by atoms with E-state index in [0.29, 0.717) is 0 Å². The van der Waals surface area contributed by atoms with Crippen LogP contribution < -0.4 is 0 Å². The molecule has 1 rings (SSSR count). The zero-order chi connectivity index (χ0) is 13.8. The van der Waals surface area contributed by atoms with Crippen LogP contribution in [0.1, 0.15) is 46.0 Å². The number of amides is 1. The van der Waals surface area contributed by atoms with Gasteiger partial charge in [-0.15, -0.1) is 0 Å². The highest BCUT2D eigenvalue weighted by Gasteiger charge is 2.28. The predicted octanol–water partition coefficient (Wildman–Crippen LogP) is 1.85. The standard InChI is InChI=1S/C13H25NO3S/c1-4-18(16,17)10-11(2)14(3)13(15)12-8-6-5-7-9-12/h11-12H,4-10H2,1-3H3. The highest BCUT2D eigenvalue weighted by Crippen LogP contribution is 2.25. The fraction of sp³-hybridized carbons (Fsp3) is 0.923. The van der Waals surface area contributed by atoms with Crippen LogP contribution in [0.15, 0.2) is 0 Å². The molecule has 0 aromatic heterocycles. The Labute approximate surface area is 111 Å². The maximum absolute atomic E-state index is 12.2. The first kappa shape index (κ1) is 15.5. The Morgan fingerprint density at radius 3 is 2.33 bits per heavy atom. The SMILES string of the molecule is CCS(=O)(=O)CC(C)N(C)C(=O)C1CCCCC1. The zero-order valence-corrected chi connectivity index (χ0v) is 12.5. The number of carbonyl (C=O) groups excluding carboxylic acids is 1. The van der Waals surface area contributed by atoms with Crippen molar-refractivity contribution in [1.82, 2.24) is 4.90 Å². The highest BCUT2D eigenvalue weighted by atomic mass is 32.2. The molecule has 0 saturated heterocycles. The molecule has 1 fully saturated rings. The molecule has 0 aliphatic heterocycles. The van der Waals surface area contributed by atoms with Gasteiger partial charge >= 0.3 is 0 Å². The van der Waals surface area contributed by atoms with E-state index in [-0.39, 0.29) is 29.4 Å². The molecule has 106 valence electrons. The lowest BCUT2D eigenvalue weighted by atomic mass is 9.88. The number of hydrogen-bond acceptors (Lipinski definition) is 3. The molecule has 1 aliphatic carbocycles. The first-order valence-electron chi connectivity index (χ1n) is 6.84. The van der Waals surface area contributed by atoms with Crippen molar-refractivity contribution in [2.75, 3.05) is 18.6 Å². The van der Waals surface area contributed by atoms with Gasteiger partial charge in [-0.05, 0) is 19.8 Å². The van der Waals surface area contributed by atoms with Crippen molar-refractivity contribution < 1.29 is 13.2 Å². The maximum atomic E-state index is 12.2. The lowest BCUT2D eigenvalue weighted by Crippen LogP contribution is -2.43. The quantitative estimate of drug-likeness (QED) is 0.769. The van der Waals surface area contributed by atoms with E-state index in [9.17, 15) is 13.2 Å². The van der Waals surface area contributed by atoms with E-state index in [2.05, 4.69) is 0 Å². The van der Waals surface area contributed by atoms with E-state index in [0.717, 1.165) is 25.7 Å². The van der Waals surface area contributed by atoms with E-state index in [1.807, 2.05) is 6.92 Å². The van der Waals surface area contributed by atoms with E-state index < -0.39 is 9.84 Å². The third-order valence-electron chi connectivity index (χ3n) is 3.90. The maximum Gasteiger partial charge on any atom is 0.225 e. The number of rotatable bonds is 5. The largest absolute Gasteiger partial charge is 0.342 e. The normalized spacial score (nSPS) is 19.5. The van der Waals surface area contributed by atoms with Crippen molar-refractivity contribution in [3.05, 3.63) is 0 Å². The van der Waals surface area contributed by atoms with Gasteiger partial charge < -0.3 is 4.90 Å². The number of nitrogens with zero attached hydrogens (tertiary/aromatic N) is 1. The Morgan fingerprint density at radius 1 is 1.28 bits per heavy atom. The van der Waals surface area contributed by atoms with E-state index in [1.54, 1.807) is 18.9 Å². The number of sulfone groups is 1. The third kappa shape index (κ3) is 4.26. The van der Waals surface area contributed by atoms with Gasteiger partial charge in [0.05, 0.1) is 5.75 Å². The molecular weight excluding hydrogens is 250 g/mol. The van der Waals surface area contributed by atoms with E-state index in [4.69, 9.17) is 0 Å². The van der Waals surface area contributed by atoms with Gasteiger partial charge in [0.1, 0.15) is 0 Å². The van der Waals surface area contributed by atoms with Crippen molar-refractivity contribution in [1.29, 1.82) is 0 Å². The minimum Gasteiger partial charge on any atom is -0.342 e. The summed E-state index contributed by atoms with van der Waals surface area (Å²) in [4.78, 5) is 13.9. The van der Waals surface area contributed by atoms with Gasteiger partial charge in [-0.2, -0.15) is 0 Å². The molecule has 18 heavy (non-hydrogen) atoms. The molecule has 1 unspecified atom stereocenters. The topological polar surface area (TPSA) is 54.5 Å². The minimum atomic E-state index is -3.02. The van der Waals surface area contributed by atoms with Crippen LogP contribution in [0.4, 0.5) is 0 Å². The summed E-state index contributed by atoms with van der Waals surface area (Å²) in [5.74, 6) is 0.436. The van der Waals surface area contributed by atoms with Gasteiger partial charge in [-0.1, -0.05) is 26.2 Å². The lowest BCUT2D eigenvalue weighted by molar-refractivity contribution is -0.136. The fourth-order valence-electron chi connectivity index (χ4n) is 2.45. The van der Waals surface area contributed by atoms with Gasteiger partial charge in [0, 0.05) is 24.8 Å². The molecule has 1 saturated carbocycles. The first-order chi connectivity index (χ1) is 8.37. The molecule has 1 amide bonds. The highest BCUT2D eigenvalue weighted by molar-refractivity contribution is 7.91. The van der Waals surface area contributed by atoms with Gasteiger partial charge in [0.25, 0.3) is 0 Å². The second-order valence-corrected chi connectivity index (χ2v) is 7.73. The molecule has 0 radical (unpaired) electrons. The van der Waals surface area contributed by atoms with Crippen LogP contribution in [0.5, 0.6) is 0 Å². The van der Waals surface area contributed by atoms with Gasteiger partial charge in [0.15, 0.2) is 9.84 Å². The van der Waals surface area contributed by atoms with Gasteiger partial charge in [-0.3, -0.25) is 4.79 Å². The smallest absolute Gasteiger partial charge is 0.225 e. The molecule has 4 nitrogen and oxygen atoms in total. The fourth-order valence-corrected chi connectivity index (χ4v) is 3.65. The van der Waals surface area contributed by atoms with Crippen molar-refractivity contribution in [2.24, 2.45) is 5.92 Å². The summed E-state index contributed by atoms with van der Waals surface area (Å²) in [6, 6.07) is -0.232. The third-order valence-corrected chi connectivity index (χ3v) is 5.77. The molecule has 5 heteroatoms.